The predicted molar refractivity (Wildman–Crippen MR) is 65.6 cm³/mol. The summed E-state index contributed by atoms with van der Waals surface area (Å²) in [5.74, 6) is -0.741. The molecule has 0 saturated heterocycles. The number of benzene rings is 1. The maximum Gasteiger partial charge on any atom is 0.328 e. The normalized spacial score (nSPS) is 11.0. The number of hydrogen-bond donors (Lipinski definition) is 1. The molecule has 0 aliphatic rings. The summed E-state index contributed by atoms with van der Waals surface area (Å²) >= 11 is 5.92. The van der Waals surface area contributed by atoms with Gasteiger partial charge in [-0.2, -0.15) is 4.68 Å². The standard InChI is InChI=1S/C11H9ClN4O2/c1-7-2-3-8(12)6-9(7)16-10(13-14-15-16)4-5-11(17)18/h2-6H,1H3,(H,17,18)/b5-4+. The van der Waals surface area contributed by atoms with E-state index in [4.69, 9.17) is 16.7 Å². The van der Waals surface area contributed by atoms with Crippen molar-refractivity contribution in [1.29, 1.82) is 0 Å². The molecule has 2 aromatic rings. The van der Waals surface area contributed by atoms with Crippen LogP contribution in [0.4, 0.5) is 0 Å². The smallest absolute Gasteiger partial charge is 0.328 e. The van der Waals surface area contributed by atoms with Gasteiger partial charge in [0.25, 0.3) is 0 Å². The van der Waals surface area contributed by atoms with Crippen LogP contribution < -0.4 is 0 Å². The van der Waals surface area contributed by atoms with Crippen molar-refractivity contribution in [3.05, 3.63) is 40.7 Å². The van der Waals surface area contributed by atoms with Crippen molar-refractivity contribution in [3.8, 4) is 5.69 Å². The summed E-state index contributed by atoms with van der Waals surface area (Å²) in [6.45, 7) is 1.89. The number of tetrazole rings is 1. The van der Waals surface area contributed by atoms with Crippen LogP contribution in [0.3, 0.4) is 0 Å². The van der Waals surface area contributed by atoms with Gasteiger partial charge in [0.05, 0.1) is 5.69 Å². The molecule has 0 fully saturated rings. The molecular formula is C11H9ClN4O2. The maximum atomic E-state index is 10.5. The van der Waals surface area contributed by atoms with Crippen LogP contribution >= 0.6 is 11.6 Å². The van der Waals surface area contributed by atoms with E-state index in [1.165, 1.54) is 10.8 Å². The summed E-state index contributed by atoms with van der Waals surface area (Å²) in [4.78, 5) is 10.5. The van der Waals surface area contributed by atoms with Gasteiger partial charge in [-0.15, -0.1) is 5.10 Å². The first-order valence-corrected chi connectivity index (χ1v) is 5.41. The van der Waals surface area contributed by atoms with Crippen LogP contribution in [0.15, 0.2) is 24.3 Å². The van der Waals surface area contributed by atoms with Crippen molar-refractivity contribution in [2.45, 2.75) is 6.92 Å². The highest BCUT2D eigenvalue weighted by Gasteiger charge is 2.09. The Labute approximate surface area is 108 Å². The average Bonchev–Trinajstić information content (AvgIpc) is 2.77. The zero-order chi connectivity index (χ0) is 13.1. The number of nitrogens with zero attached hydrogens (tertiary/aromatic N) is 4. The fraction of sp³-hybridized carbons (Fsp3) is 0.0909. The first-order chi connectivity index (χ1) is 8.58. The predicted octanol–water partition coefficient (Wildman–Crippen LogP) is 1.72. The van der Waals surface area contributed by atoms with Gasteiger partial charge in [0, 0.05) is 11.1 Å². The molecule has 1 aromatic carbocycles. The lowest BCUT2D eigenvalue weighted by Crippen LogP contribution is -2.02. The van der Waals surface area contributed by atoms with Crippen LogP contribution in [0.2, 0.25) is 5.02 Å². The van der Waals surface area contributed by atoms with Gasteiger partial charge < -0.3 is 5.11 Å². The van der Waals surface area contributed by atoms with Gasteiger partial charge in [-0.25, -0.2) is 4.79 Å². The Morgan fingerprint density at radius 3 is 3.00 bits per heavy atom. The Balaban J connectivity index is 2.48. The third-order valence-corrected chi connectivity index (χ3v) is 2.50. The zero-order valence-corrected chi connectivity index (χ0v) is 10.2. The highest BCUT2D eigenvalue weighted by atomic mass is 35.5. The topological polar surface area (TPSA) is 80.9 Å². The number of aromatic nitrogens is 4. The van der Waals surface area contributed by atoms with Crippen molar-refractivity contribution in [2.24, 2.45) is 0 Å². The second-order valence-corrected chi connectivity index (χ2v) is 3.99. The monoisotopic (exact) mass is 264 g/mol. The third kappa shape index (κ3) is 2.54. The van der Waals surface area contributed by atoms with Crippen molar-refractivity contribution in [3.63, 3.8) is 0 Å². The number of carboxylic acid groups (broad SMARTS) is 1. The fourth-order valence-electron chi connectivity index (χ4n) is 1.43. The van der Waals surface area contributed by atoms with E-state index in [2.05, 4.69) is 15.5 Å². The van der Waals surface area contributed by atoms with Crippen LogP contribution in [0.1, 0.15) is 11.4 Å². The van der Waals surface area contributed by atoms with Crippen molar-refractivity contribution in [2.75, 3.05) is 0 Å². The minimum atomic E-state index is -1.06. The molecule has 0 spiro atoms. The molecule has 0 aliphatic carbocycles. The quantitative estimate of drug-likeness (QED) is 0.854. The number of aryl methyl sites for hydroxylation is 1. The second-order valence-electron chi connectivity index (χ2n) is 3.55. The van der Waals surface area contributed by atoms with Crippen LogP contribution in [0, 0.1) is 6.92 Å². The van der Waals surface area contributed by atoms with E-state index in [9.17, 15) is 4.79 Å². The molecule has 1 heterocycles. The van der Waals surface area contributed by atoms with Crippen LogP contribution in [0.5, 0.6) is 0 Å². The molecule has 18 heavy (non-hydrogen) atoms. The van der Waals surface area contributed by atoms with E-state index in [1.807, 2.05) is 13.0 Å². The van der Waals surface area contributed by atoms with Crippen molar-refractivity contribution < 1.29 is 9.90 Å². The summed E-state index contributed by atoms with van der Waals surface area (Å²) in [5.41, 5.74) is 1.63. The molecule has 0 bridgehead atoms. The molecule has 0 saturated carbocycles. The molecule has 0 atom stereocenters. The Morgan fingerprint density at radius 1 is 1.50 bits per heavy atom. The molecule has 2 rings (SSSR count). The SMILES string of the molecule is Cc1ccc(Cl)cc1-n1nnnc1/C=C/C(=O)O. The summed E-state index contributed by atoms with van der Waals surface area (Å²) in [6.07, 6.45) is 2.30. The molecule has 7 heteroatoms. The molecule has 6 nitrogen and oxygen atoms in total. The van der Waals surface area contributed by atoms with Crippen LogP contribution in [-0.2, 0) is 4.79 Å². The Hall–Kier alpha value is -2.21. The molecule has 0 amide bonds. The fourth-order valence-corrected chi connectivity index (χ4v) is 1.59. The highest BCUT2D eigenvalue weighted by molar-refractivity contribution is 6.30. The van der Waals surface area contributed by atoms with Gasteiger partial charge in [0.2, 0.25) is 0 Å². The number of rotatable bonds is 3. The second kappa shape index (κ2) is 4.97. The van der Waals surface area contributed by atoms with E-state index in [0.29, 0.717) is 16.5 Å². The third-order valence-electron chi connectivity index (χ3n) is 2.27. The number of halogens is 1. The lowest BCUT2D eigenvalue weighted by atomic mass is 10.2. The summed E-state index contributed by atoms with van der Waals surface area (Å²) < 4.78 is 1.43. The first-order valence-electron chi connectivity index (χ1n) is 5.04. The van der Waals surface area contributed by atoms with Crippen LogP contribution in [0.25, 0.3) is 11.8 Å². The van der Waals surface area contributed by atoms with E-state index in [1.54, 1.807) is 12.1 Å². The van der Waals surface area contributed by atoms with E-state index in [-0.39, 0.29) is 0 Å². The Kier molecular flexibility index (Phi) is 3.38. The van der Waals surface area contributed by atoms with Gasteiger partial charge in [0.1, 0.15) is 0 Å². The molecule has 92 valence electrons. The van der Waals surface area contributed by atoms with Gasteiger partial charge in [-0.05, 0) is 41.1 Å². The minimum absolute atomic E-state index is 0.322. The Morgan fingerprint density at radius 2 is 2.28 bits per heavy atom. The minimum Gasteiger partial charge on any atom is -0.478 e. The van der Waals surface area contributed by atoms with E-state index in [0.717, 1.165) is 11.6 Å². The first kappa shape index (κ1) is 12.3. The Bertz CT molecular complexity index is 621. The lowest BCUT2D eigenvalue weighted by molar-refractivity contribution is -0.131. The van der Waals surface area contributed by atoms with E-state index < -0.39 is 5.97 Å². The van der Waals surface area contributed by atoms with Crippen molar-refractivity contribution in [1.82, 2.24) is 20.2 Å². The summed E-state index contributed by atoms with van der Waals surface area (Å²) in [5, 5.41) is 20.2. The summed E-state index contributed by atoms with van der Waals surface area (Å²) in [6, 6.07) is 5.31. The number of carbonyl (C=O) groups is 1. The zero-order valence-electron chi connectivity index (χ0n) is 9.41. The number of hydrogen-bond acceptors (Lipinski definition) is 4. The molecule has 1 N–H and O–H groups in total. The van der Waals surface area contributed by atoms with Crippen LogP contribution in [-0.4, -0.2) is 31.3 Å². The summed E-state index contributed by atoms with van der Waals surface area (Å²) in [7, 11) is 0. The van der Waals surface area contributed by atoms with Crippen molar-refractivity contribution >= 4 is 23.6 Å². The molecule has 1 aromatic heterocycles. The maximum absolute atomic E-state index is 10.5. The molecule has 0 unspecified atom stereocenters. The average molecular weight is 265 g/mol. The van der Waals surface area contributed by atoms with Gasteiger partial charge >= 0.3 is 5.97 Å². The highest BCUT2D eigenvalue weighted by Crippen LogP contribution is 2.19. The number of aliphatic carboxylic acids is 1. The largest absolute Gasteiger partial charge is 0.478 e. The van der Waals surface area contributed by atoms with Gasteiger partial charge in [0.15, 0.2) is 5.82 Å². The molecular weight excluding hydrogens is 256 g/mol. The van der Waals surface area contributed by atoms with Gasteiger partial charge in [-0.3, -0.25) is 0 Å². The van der Waals surface area contributed by atoms with Gasteiger partial charge in [-0.1, -0.05) is 17.7 Å². The molecule has 0 radical (unpaired) electrons. The van der Waals surface area contributed by atoms with E-state index >= 15 is 0 Å². The number of carboxylic acids is 1. The molecule has 0 aliphatic heterocycles. The lowest BCUT2D eigenvalue weighted by Gasteiger charge is -2.06.